The highest BCUT2D eigenvalue weighted by Gasteiger charge is 2.19. The molecular weight excluding hydrogens is 314 g/mol. The van der Waals surface area contributed by atoms with E-state index in [2.05, 4.69) is 53.1 Å². The van der Waals surface area contributed by atoms with E-state index in [0.29, 0.717) is 12.5 Å². The monoisotopic (exact) mass is 335 g/mol. The number of hydrogen-bond acceptors (Lipinski definition) is 6. The second kappa shape index (κ2) is 6.51. The van der Waals surface area contributed by atoms with E-state index in [4.69, 9.17) is 0 Å². The maximum Gasteiger partial charge on any atom is 0.222 e. The number of rotatable bonds is 4. The highest BCUT2D eigenvalue weighted by atomic mass is 15.3. The second-order valence-corrected chi connectivity index (χ2v) is 6.31. The second-order valence-electron chi connectivity index (χ2n) is 6.31. The van der Waals surface area contributed by atoms with Gasteiger partial charge < -0.3 is 10.2 Å². The number of fused-ring (bicyclic) bond motifs is 1. The van der Waals surface area contributed by atoms with E-state index in [1.165, 1.54) is 11.4 Å². The quantitative estimate of drug-likeness (QED) is 0.789. The molecule has 0 fully saturated rings. The molecule has 0 saturated heterocycles. The summed E-state index contributed by atoms with van der Waals surface area (Å²) in [6.07, 6.45) is 3.45. The summed E-state index contributed by atoms with van der Waals surface area (Å²) >= 11 is 0. The largest absolute Gasteiger partial charge is 0.364 e. The zero-order valence-electron chi connectivity index (χ0n) is 14.5. The summed E-state index contributed by atoms with van der Waals surface area (Å²) in [4.78, 5) is 15.2. The van der Waals surface area contributed by atoms with Gasteiger partial charge in [-0.1, -0.05) is 0 Å². The van der Waals surface area contributed by atoms with Crippen molar-refractivity contribution in [1.29, 1.82) is 0 Å². The molecule has 7 heteroatoms. The van der Waals surface area contributed by atoms with Crippen LogP contribution < -0.4 is 10.2 Å². The van der Waals surface area contributed by atoms with Crippen LogP contribution in [-0.4, -0.2) is 31.3 Å². The van der Waals surface area contributed by atoms with Crippen molar-refractivity contribution in [2.45, 2.75) is 33.5 Å². The van der Waals surface area contributed by atoms with Gasteiger partial charge in [-0.05, 0) is 38.1 Å². The fraction of sp³-hybridized carbons (Fsp3) is 0.333. The molecule has 0 saturated carbocycles. The Balaban J connectivity index is 1.47. The fourth-order valence-corrected chi connectivity index (χ4v) is 3.19. The van der Waals surface area contributed by atoms with Gasteiger partial charge in [-0.25, -0.2) is 9.97 Å². The highest BCUT2D eigenvalue weighted by Crippen LogP contribution is 2.23. The summed E-state index contributed by atoms with van der Waals surface area (Å²) in [7, 11) is 0. The minimum atomic E-state index is 0.623. The maximum absolute atomic E-state index is 4.69. The van der Waals surface area contributed by atoms with Gasteiger partial charge in [0, 0.05) is 36.0 Å². The third-order valence-corrected chi connectivity index (χ3v) is 4.27. The van der Waals surface area contributed by atoms with Crippen molar-refractivity contribution in [2.24, 2.45) is 0 Å². The molecular formula is C18H21N7. The number of aromatic nitrogens is 5. The molecule has 0 amide bonds. The first kappa shape index (κ1) is 15.6. The van der Waals surface area contributed by atoms with Crippen LogP contribution in [0, 0.1) is 13.8 Å². The summed E-state index contributed by atoms with van der Waals surface area (Å²) < 4.78 is 2.10. The lowest BCUT2D eigenvalue weighted by Crippen LogP contribution is -2.33. The number of hydrogen-bond donors (Lipinski definition) is 1. The van der Waals surface area contributed by atoms with Crippen LogP contribution in [0.1, 0.15) is 22.8 Å². The normalized spacial score (nSPS) is 13.6. The Morgan fingerprint density at radius 2 is 1.80 bits per heavy atom. The Labute approximate surface area is 146 Å². The molecule has 3 aromatic heterocycles. The number of nitrogens with one attached hydrogen (secondary N) is 1. The van der Waals surface area contributed by atoms with Crippen molar-refractivity contribution >= 4 is 11.6 Å². The topological polar surface area (TPSA) is 71.8 Å². The minimum Gasteiger partial charge on any atom is -0.364 e. The van der Waals surface area contributed by atoms with Crippen molar-refractivity contribution in [1.82, 2.24) is 24.7 Å². The molecule has 4 heterocycles. The zero-order valence-corrected chi connectivity index (χ0v) is 14.5. The van der Waals surface area contributed by atoms with Gasteiger partial charge in [0.05, 0.1) is 31.0 Å². The Hall–Kier alpha value is -2.96. The van der Waals surface area contributed by atoms with E-state index in [-0.39, 0.29) is 0 Å². The molecule has 0 unspecified atom stereocenters. The van der Waals surface area contributed by atoms with Crippen LogP contribution in [-0.2, 0) is 19.6 Å². The van der Waals surface area contributed by atoms with Crippen LogP contribution >= 0.6 is 0 Å². The minimum absolute atomic E-state index is 0.623. The van der Waals surface area contributed by atoms with Crippen molar-refractivity contribution in [3.8, 4) is 0 Å². The van der Waals surface area contributed by atoms with Crippen LogP contribution in [0.4, 0.5) is 11.6 Å². The van der Waals surface area contributed by atoms with Crippen LogP contribution in [0.2, 0.25) is 0 Å². The predicted octanol–water partition coefficient (Wildman–Crippen LogP) is 2.32. The van der Waals surface area contributed by atoms with Crippen molar-refractivity contribution < 1.29 is 0 Å². The summed E-state index contributed by atoms with van der Waals surface area (Å²) in [6.45, 7) is 7.40. The number of aryl methyl sites for hydroxylation is 2. The van der Waals surface area contributed by atoms with Crippen LogP contribution in [0.15, 0.2) is 36.7 Å². The van der Waals surface area contributed by atoms with Gasteiger partial charge in [-0.15, -0.1) is 0 Å². The molecule has 0 spiro atoms. The average molecular weight is 335 g/mol. The highest BCUT2D eigenvalue weighted by molar-refractivity contribution is 5.49. The van der Waals surface area contributed by atoms with E-state index < -0.39 is 0 Å². The van der Waals surface area contributed by atoms with Gasteiger partial charge in [-0.2, -0.15) is 5.10 Å². The first-order valence-electron chi connectivity index (χ1n) is 8.44. The average Bonchev–Trinajstić information content (AvgIpc) is 3.02. The maximum atomic E-state index is 4.69. The van der Waals surface area contributed by atoms with Gasteiger partial charge in [0.2, 0.25) is 5.95 Å². The molecule has 0 atom stereocenters. The Bertz CT molecular complexity index is 852. The Morgan fingerprint density at radius 3 is 2.56 bits per heavy atom. The van der Waals surface area contributed by atoms with Crippen molar-refractivity contribution in [3.63, 3.8) is 0 Å². The fourth-order valence-electron chi connectivity index (χ4n) is 3.19. The standard InChI is InChI=1S/C18H21N7/c1-13-8-16(9-14(2)22-13)24-6-7-25-17(12-24)10-15(23-25)11-21-18-19-4-3-5-20-18/h3-5,8-10H,6-7,11-12H2,1-2H3,(H,19,20,21). The summed E-state index contributed by atoms with van der Waals surface area (Å²) in [5, 5.41) is 7.90. The number of nitrogens with zero attached hydrogens (tertiary/aromatic N) is 6. The van der Waals surface area contributed by atoms with Gasteiger partial charge in [0.1, 0.15) is 0 Å². The zero-order chi connectivity index (χ0) is 17.2. The molecule has 0 bridgehead atoms. The lowest BCUT2D eigenvalue weighted by molar-refractivity contribution is 0.516. The van der Waals surface area contributed by atoms with Crippen LogP contribution in [0.3, 0.4) is 0 Å². The molecule has 128 valence electrons. The van der Waals surface area contributed by atoms with Gasteiger partial charge in [0.15, 0.2) is 0 Å². The Morgan fingerprint density at radius 1 is 1.04 bits per heavy atom. The third kappa shape index (κ3) is 3.45. The number of pyridine rings is 1. The van der Waals surface area contributed by atoms with Gasteiger partial charge in [-0.3, -0.25) is 9.67 Å². The van der Waals surface area contributed by atoms with E-state index in [9.17, 15) is 0 Å². The van der Waals surface area contributed by atoms with E-state index >= 15 is 0 Å². The molecule has 3 aromatic rings. The first-order valence-corrected chi connectivity index (χ1v) is 8.44. The molecule has 4 rings (SSSR count). The van der Waals surface area contributed by atoms with Gasteiger partial charge >= 0.3 is 0 Å². The molecule has 0 aromatic carbocycles. The Kier molecular flexibility index (Phi) is 4.05. The molecule has 0 aliphatic carbocycles. The lowest BCUT2D eigenvalue weighted by atomic mass is 10.2. The molecule has 25 heavy (non-hydrogen) atoms. The predicted molar refractivity (Wildman–Crippen MR) is 96.3 cm³/mol. The summed E-state index contributed by atoms with van der Waals surface area (Å²) in [5.41, 5.74) is 5.58. The van der Waals surface area contributed by atoms with Crippen LogP contribution in [0.5, 0.6) is 0 Å². The van der Waals surface area contributed by atoms with Crippen molar-refractivity contribution in [3.05, 3.63) is 59.4 Å². The van der Waals surface area contributed by atoms with E-state index in [1.54, 1.807) is 18.5 Å². The molecule has 0 radical (unpaired) electrons. The third-order valence-electron chi connectivity index (χ3n) is 4.27. The molecule has 1 aliphatic rings. The lowest BCUT2D eigenvalue weighted by Gasteiger charge is -2.30. The molecule has 7 nitrogen and oxygen atoms in total. The molecule has 1 N–H and O–H groups in total. The molecule has 1 aliphatic heterocycles. The van der Waals surface area contributed by atoms with E-state index in [1.807, 2.05) is 13.8 Å². The van der Waals surface area contributed by atoms with Crippen molar-refractivity contribution in [2.75, 3.05) is 16.8 Å². The summed E-state index contributed by atoms with van der Waals surface area (Å²) in [6, 6.07) is 8.25. The number of anilines is 2. The first-order chi connectivity index (χ1) is 12.2. The van der Waals surface area contributed by atoms with Crippen LogP contribution in [0.25, 0.3) is 0 Å². The smallest absolute Gasteiger partial charge is 0.222 e. The van der Waals surface area contributed by atoms with Gasteiger partial charge in [0.25, 0.3) is 0 Å². The van der Waals surface area contributed by atoms with E-state index in [0.717, 1.165) is 36.7 Å². The SMILES string of the molecule is Cc1cc(N2CCn3nc(CNc4ncccn4)cc3C2)cc(C)n1. The summed E-state index contributed by atoms with van der Waals surface area (Å²) in [5.74, 6) is 0.623.